The standard InChI is InChI=1S/C24H25NO2S/c1-24(2,3)26-18-27-25-23(19-12-6-4-7-13-19)21-16-10-11-17-22(21)28-20-14-8-5-9-15-20/h4-17H,18H2,1-3H3/b25-23-. The first kappa shape index (κ1) is 20.2. The molecule has 0 aliphatic carbocycles. The summed E-state index contributed by atoms with van der Waals surface area (Å²) < 4.78 is 5.64. The summed E-state index contributed by atoms with van der Waals surface area (Å²) in [6, 6.07) is 28.7. The molecule has 0 amide bonds. The first-order valence-electron chi connectivity index (χ1n) is 9.24. The maximum absolute atomic E-state index is 5.64. The van der Waals surface area contributed by atoms with Crippen molar-refractivity contribution >= 4 is 17.5 Å². The lowest BCUT2D eigenvalue weighted by atomic mass is 10.0. The van der Waals surface area contributed by atoms with E-state index >= 15 is 0 Å². The Morgan fingerprint density at radius 2 is 1.43 bits per heavy atom. The van der Waals surface area contributed by atoms with E-state index < -0.39 is 0 Å². The Morgan fingerprint density at radius 3 is 2.11 bits per heavy atom. The third-order valence-corrected chi connectivity index (χ3v) is 4.94. The maximum Gasteiger partial charge on any atom is 0.217 e. The van der Waals surface area contributed by atoms with Gasteiger partial charge in [0.1, 0.15) is 5.71 Å². The van der Waals surface area contributed by atoms with E-state index in [0.29, 0.717) is 0 Å². The van der Waals surface area contributed by atoms with E-state index in [1.165, 1.54) is 4.90 Å². The van der Waals surface area contributed by atoms with E-state index in [9.17, 15) is 0 Å². The summed E-state index contributed by atoms with van der Waals surface area (Å²) in [5.41, 5.74) is 2.54. The zero-order chi connectivity index (χ0) is 19.8. The van der Waals surface area contributed by atoms with Gasteiger partial charge in [0.05, 0.1) is 5.60 Å². The molecule has 0 atom stereocenters. The van der Waals surface area contributed by atoms with Crippen molar-refractivity contribution in [3.05, 3.63) is 96.1 Å². The molecular weight excluding hydrogens is 366 g/mol. The largest absolute Gasteiger partial charge is 0.366 e. The Kier molecular flexibility index (Phi) is 6.90. The molecule has 0 aliphatic rings. The summed E-state index contributed by atoms with van der Waals surface area (Å²) in [5, 5.41) is 4.45. The minimum atomic E-state index is -0.274. The Hall–Kier alpha value is -2.56. The summed E-state index contributed by atoms with van der Waals surface area (Å²) in [6.07, 6.45) is 0. The van der Waals surface area contributed by atoms with Gasteiger partial charge in [-0.2, -0.15) is 0 Å². The van der Waals surface area contributed by atoms with Crippen molar-refractivity contribution in [2.45, 2.75) is 36.2 Å². The van der Waals surface area contributed by atoms with E-state index in [-0.39, 0.29) is 12.4 Å². The molecule has 144 valence electrons. The van der Waals surface area contributed by atoms with Gasteiger partial charge < -0.3 is 9.57 Å². The molecule has 3 aromatic rings. The number of nitrogens with zero attached hydrogens (tertiary/aromatic N) is 1. The number of benzene rings is 3. The smallest absolute Gasteiger partial charge is 0.217 e. The van der Waals surface area contributed by atoms with Crippen LogP contribution in [0.4, 0.5) is 0 Å². The predicted octanol–water partition coefficient (Wildman–Crippen LogP) is 6.38. The van der Waals surface area contributed by atoms with Crippen LogP contribution in [-0.2, 0) is 9.57 Å². The second kappa shape index (κ2) is 9.58. The van der Waals surface area contributed by atoms with Crippen molar-refractivity contribution in [1.29, 1.82) is 0 Å². The fourth-order valence-corrected chi connectivity index (χ4v) is 3.48. The summed E-state index contributed by atoms with van der Waals surface area (Å²) in [7, 11) is 0. The van der Waals surface area contributed by atoms with Gasteiger partial charge in [-0.05, 0) is 39.0 Å². The summed E-state index contributed by atoms with van der Waals surface area (Å²) in [5.74, 6) is 0. The molecule has 0 heterocycles. The highest BCUT2D eigenvalue weighted by molar-refractivity contribution is 7.99. The molecule has 0 spiro atoms. The number of ether oxygens (including phenoxy) is 1. The van der Waals surface area contributed by atoms with E-state index in [2.05, 4.69) is 29.4 Å². The lowest BCUT2D eigenvalue weighted by Crippen LogP contribution is -2.20. The molecule has 0 aliphatic heterocycles. The second-order valence-electron chi connectivity index (χ2n) is 7.22. The molecule has 3 aromatic carbocycles. The SMILES string of the molecule is CC(C)(C)OCO/N=C(/c1ccccc1)c1ccccc1Sc1ccccc1. The van der Waals surface area contributed by atoms with Gasteiger partial charge in [-0.3, -0.25) is 0 Å². The normalized spacial score (nSPS) is 12.0. The second-order valence-corrected chi connectivity index (χ2v) is 8.34. The van der Waals surface area contributed by atoms with Crippen LogP contribution >= 0.6 is 11.8 Å². The average Bonchev–Trinajstić information content (AvgIpc) is 2.69. The van der Waals surface area contributed by atoms with Crippen molar-refractivity contribution in [2.24, 2.45) is 5.16 Å². The van der Waals surface area contributed by atoms with Crippen LogP contribution < -0.4 is 0 Å². The van der Waals surface area contributed by atoms with Gasteiger partial charge in [0, 0.05) is 20.9 Å². The molecule has 0 aromatic heterocycles. The molecule has 0 saturated heterocycles. The molecule has 3 rings (SSSR count). The highest BCUT2D eigenvalue weighted by atomic mass is 32.2. The lowest BCUT2D eigenvalue weighted by Gasteiger charge is -2.18. The third-order valence-electron chi connectivity index (χ3n) is 3.86. The Balaban J connectivity index is 1.92. The summed E-state index contributed by atoms with van der Waals surface area (Å²) in [6.45, 7) is 6.08. The Bertz CT molecular complexity index is 903. The van der Waals surface area contributed by atoms with E-state index in [4.69, 9.17) is 9.57 Å². The summed E-state index contributed by atoms with van der Waals surface area (Å²) in [4.78, 5) is 7.84. The Morgan fingerprint density at radius 1 is 0.821 bits per heavy atom. The maximum atomic E-state index is 5.64. The lowest BCUT2D eigenvalue weighted by molar-refractivity contribution is -0.119. The molecule has 0 radical (unpaired) electrons. The molecule has 0 bridgehead atoms. The molecule has 4 heteroatoms. The fourth-order valence-electron chi connectivity index (χ4n) is 2.51. The van der Waals surface area contributed by atoms with Crippen LogP contribution in [0.1, 0.15) is 31.9 Å². The molecule has 0 unspecified atom stereocenters. The Labute approximate surface area is 171 Å². The number of rotatable bonds is 7. The number of hydrogen-bond donors (Lipinski definition) is 0. The molecule has 3 nitrogen and oxygen atoms in total. The van der Waals surface area contributed by atoms with E-state index in [1.807, 2.05) is 81.4 Å². The quantitative estimate of drug-likeness (QED) is 0.203. The molecule has 28 heavy (non-hydrogen) atoms. The summed E-state index contributed by atoms with van der Waals surface area (Å²) >= 11 is 1.71. The zero-order valence-corrected chi connectivity index (χ0v) is 17.3. The predicted molar refractivity (Wildman–Crippen MR) is 116 cm³/mol. The third kappa shape index (κ3) is 5.98. The van der Waals surface area contributed by atoms with Crippen LogP contribution in [0.3, 0.4) is 0 Å². The van der Waals surface area contributed by atoms with Crippen LogP contribution in [-0.4, -0.2) is 18.1 Å². The minimum Gasteiger partial charge on any atom is -0.366 e. The van der Waals surface area contributed by atoms with Crippen LogP contribution in [0.5, 0.6) is 0 Å². The fraction of sp³-hybridized carbons (Fsp3) is 0.208. The minimum absolute atomic E-state index is 0.105. The first-order chi connectivity index (χ1) is 13.5. The van der Waals surface area contributed by atoms with Crippen molar-refractivity contribution in [1.82, 2.24) is 0 Å². The van der Waals surface area contributed by atoms with Gasteiger partial charge in [-0.25, -0.2) is 0 Å². The highest BCUT2D eigenvalue weighted by Gasteiger charge is 2.14. The van der Waals surface area contributed by atoms with Crippen LogP contribution in [0, 0.1) is 0 Å². The number of hydrogen-bond acceptors (Lipinski definition) is 4. The van der Waals surface area contributed by atoms with Gasteiger partial charge >= 0.3 is 0 Å². The monoisotopic (exact) mass is 391 g/mol. The highest BCUT2D eigenvalue weighted by Crippen LogP contribution is 2.31. The van der Waals surface area contributed by atoms with Crippen LogP contribution in [0.25, 0.3) is 0 Å². The molecular formula is C24H25NO2S. The van der Waals surface area contributed by atoms with Crippen molar-refractivity contribution in [3.8, 4) is 0 Å². The van der Waals surface area contributed by atoms with E-state index in [1.54, 1.807) is 11.8 Å². The molecule has 0 fully saturated rings. The van der Waals surface area contributed by atoms with E-state index in [0.717, 1.165) is 21.7 Å². The molecule has 0 saturated carbocycles. The van der Waals surface area contributed by atoms with Gasteiger partial charge in [-0.1, -0.05) is 83.6 Å². The van der Waals surface area contributed by atoms with Gasteiger partial charge in [-0.15, -0.1) is 0 Å². The number of oxime groups is 1. The van der Waals surface area contributed by atoms with Gasteiger partial charge in [0.2, 0.25) is 6.79 Å². The van der Waals surface area contributed by atoms with Gasteiger partial charge in [0.25, 0.3) is 0 Å². The van der Waals surface area contributed by atoms with Crippen molar-refractivity contribution < 1.29 is 9.57 Å². The topological polar surface area (TPSA) is 30.8 Å². The molecule has 0 N–H and O–H groups in total. The van der Waals surface area contributed by atoms with Gasteiger partial charge in [0.15, 0.2) is 0 Å². The van der Waals surface area contributed by atoms with Crippen molar-refractivity contribution in [2.75, 3.05) is 6.79 Å². The van der Waals surface area contributed by atoms with Crippen molar-refractivity contribution in [3.63, 3.8) is 0 Å². The zero-order valence-electron chi connectivity index (χ0n) is 16.5. The van der Waals surface area contributed by atoms with Crippen LogP contribution in [0.2, 0.25) is 0 Å². The average molecular weight is 392 g/mol. The first-order valence-corrected chi connectivity index (χ1v) is 10.1. The van der Waals surface area contributed by atoms with Crippen LogP contribution in [0.15, 0.2) is 99.9 Å².